The number of nitrogens with zero attached hydrogens (tertiary/aromatic N) is 7. The minimum atomic E-state index is -2.44. The van der Waals surface area contributed by atoms with E-state index in [0.717, 1.165) is 12.1 Å². The summed E-state index contributed by atoms with van der Waals surface area (Å²) < 4.78 is 100. The number of nitriles is 2. The quantitative estimate of drug-likeness (QED) is 0.151. The van der Waals surface area contributed by atoms with Crippen molar-refractivity contribution in [1.29, 1.82) is 10.5 Å². The Balaban J connectivity index is 1.61. The van der Waals surface area contributed by atoms with Gasteiger partial charge < -0.3 is 9.97 Å². The van der Waals surface area contributed by atoms with Crippen molar-refractivity contribution in [2.45, 2.75) is 11.8 Å². The molecule has 0 saturated heterocycles. The van der Waals surface area contributed by atoms with Gasteiger partial charge in [0.1, 0.15) is 22.7 Å². The number of imidazole rings is 2. The van der Waals surface area contributed by atoms with Crippen LogP contribution in [0.4, 0.5) is 30.7 Å². The van der Waals surface area contributed by atoms with Crippen LogP contribution in [0.1, 0.15) is 35.1 Å². The van der Waals surface area contributed by atoms with E-state index in [1.54, 1.807) is 12.1 Å². The first-order valence-electron chi connectivity index (χ1n) is 12.0. The van der Waals surface area contributed by atoms with Crippen LogP contribution in [0.5, 0.6) is 0 Å². The third-order valence-corrected chi connectivity index (χ3v) is 6.39. The minimum Gasteiger partial charge on any atom is -0.340 e. The monoisotopic (exact) mass is 593 g/mol. The zero-order chi connectivity index (χ0) is 30.6. The second-order valence-corrected chi connectivity index (χ2v) is 8.96. The van der Waals surface area contributed by atoms with E-state index in [9.17, 15) is 41.3 Å². The van der Waals surface area contributed by atoms with Gasteiger partial charge in [0.25, 0.3) is 0 Å². The zero-order valence-corrected chi connectivity index (χ0v) is 20.9. The molecule has 0 fully saturated rings. The number of para-hydroxylation sites is 2. The van der Waals surface area contributed by atoms with Crippen LogP contribution in [0.2, 0.25) is 0 Å². The van der Waals surface area contributed by atoms with Crippen molar-refractivity contribution in [2.24, 2.45) is 0 Å². The number of halogens is 7. The molecule has 0 radical (unpaired) electrons. The molecule has 3 aromatic heterocycles. The van der Waals surface area contributed by atoms with E-state index in [2.05, 4.69) is 34.9 Å². The van der Waals surface area contributed by atoms with E-state index in [0.29, 0.717) is 0 Å². The maximum atomic E-state index is 14.9. The molecule has 6 aromatic rings. The minimum absolute atomic E-state index is 0.156. The molecule has 0 spiro atoms. The second kappa shape index (κ2) is 10.2. The number of rotatable bonds is 5. The lowest BCUT2D eigenvalue weighted by Gasteiger charge is -2.13. The predicted molar refractivity (Wildman–Crippen MR) is 132 cm³/mol. The van der Waals surface area contributed by atoms with E-state index in [-0.39, 0.29) is 33.7 Å². The van der Waals surface area contributed by atoms with Crippen molar-refractivity contribution in [3.63, 3.8) is 0 Å². The van der Waals surface area contributed by atoms with Crippen LogP contribution in [-0.4, -0.2) is 34.9 Å². The fraction of sp³-hybridized carbons (Fsp3) is 0.0741. The normalized spacial score (nSPS) is 12.8. The molecule has 0 aliphatic rings. The number of benzene rings is 3. The molecule has 16 heteroatoms. The molecule has 0 amide bonds. The standard InChI is InChI=1S/C27H10F7N9/c28-11-3-1-5-13-21(11)39-23(37-13)9(7-35)25-41-26(10(8-36)24-38-14-6-2-4-12(29)22(14)40-24)43-27(42-25)15-16(30)18(32)20(34)19(33)17(15)31/h1-6,9-10H,(H,37,39)(H,38,40). The van der Waals surface area contributed by atoms with Gasteiger partial charge in [-0.25, -0.2) is 55.7 Å². The average molecular weight is 593 g/mol. The van der Waals surface area contributed by atoms with Crippen LogP contribution >= 0.6 is 0 Å². The molecule has 6 rings (SSSR count). The Morgan fingerprint density at radius 2 is 0.977 bits per heavy atom. The van der Waals surface area contributed by atoms with Crippen LogP contribution in [0.25, 0.3) is 33.5 Å². The largest absolute Gasteiger partial charge is 0.340 e. The third-order valence-electron chi connectivity index (χ3n) is 6.39. The lowest BCUT2D eigenvalue weighted by Crippen LogP contribution is -2.16. The topological polar surface area (TPSA) is 144 Å². The zero-order valence-electron chi connectivity index (χ0n) is 20.9. The smallest absolute Gasteiger partial charge is 0.200 e. The molecule has 212 valence electrons. The number of nitrogens with one attached hydrogen (secondary N) is 2. The maximum Gasteiger partial charge on any atom is 0.200 e. The number of hydrogen-bond acceptors (Lipinski definition) is 7. The van der Waals surface area contributed by atoms with E-state index in [4.69, 9.17) is 0 Å². The highest BCUT2D eigenvalue weighted by Gasteiger charge is 2.32. The van der Waals surface area contributed by atoms with Gasteiger partial charge in [0.2, 0.25) is 5.82 Å². The molecule has 3 aromatic carbocycles. The Morgan fingerprint density at radius 3 is 1.37 bits per heavy atom. The van der Waals surface area contributed by atoms with E-state index < -0.39 is 75.6 Å². The molecule has 43 heavy (non-hydrogen) atoms. The van der Waals surface area contributed by atoms with Crippen LogP contribution < -0.4 is 0 Å². The highest BCUT2D eigenvalue weighted by molar-refractivity contribution is 5.76. The fourth-order valence-corrected chi connectivity index (χ4v) is 4.37. The Hall–Kier alpha value is -5.90. The Kier molecular flexibility index (Phi) is 6.46. The molecule has 2 atom stereocenters. The summed E-state index contributed by atoms with van der Waals surface area (Å²) in [6.07, 6.45) is 0. The number of H-pyrrole nitrogens is 2. The van der Waals surface area contributed by atoms with Gasteiger partial charge in [0, 0.05) is 0 Å². The first-order valence-corrected chi connectivity index (χ1v) is 12.0. The van der Waals surface area contributed by atoms with Crippen molar-refractivity contribution in [3.05, 3.63) is 100 Å². The van der Waals surface area contributed by atoms with Crippen molar-refractivity contribution in [3.8, 4) is 23.5 Å². The summed E-state index contributed by atoms with van der Waals surface area (Å²) in [5.41, 5.74) is -1.61. The molecule has 0 bridgehead atoms. The number of aromatic amines is 2. The molecule has 9 nitrogen and oxygen atoms in total. The fourth-order valence-electron chi connectivity index (χ4n) is 4.37. The molecule has 2 N–H and O–H groups in total. The number of aromatic nitrogens is 7. The lowest BCUT2D eigenvalue weighted by molar-refractivity contribution is 0.380. The Labute approximate surface area is 234 Å². The predicted octanol–water partition coefficient (Wildman–Crippen LogP) is 5.58. The van der Waals surface area contributed by atoms with E-state index in [1.807, 2.05) is 0 Å². The number of hydrogen-bond donors (Lipinski definition) is 2. The molecule has 0 saturated carbocycles. The van der Waals surface area contributed by atoms with Crippen LogP contribution in [0, 0.1) is 63.4 Å². The van der Waals surface area contributed by atoms with Crippen molar-refractivity contribution < 1.29 is 30.7 Å². The average Bonchev–Trinajstić information content (AvgIpc) is 3.62. The van der Waals surface area contributed by atoms with Crippen molar-refractivity contribution in [1.82, 2.24) is 34.9 Å². The van der Waals surface area contributed by atoms with Crippen LogP contribution in [0.15, 0.2) is 36.4 Å². The first-order chi connectivity index (χ1) is 20.6. The highest BCUT2D eigenvalue weighted by Crippen LogP contribution is 2.33. The maximum absolute atomic E-state index is 14.9. The molecule has 0 aliphatic carbocycles. The van der Waals surface area contributed by atoms with Gasteiger partial charge in [-0.1, -0.05) is 12.1 Å². The summed E-state index contributed by atoms with van der Waals surface area (Å²) in [5, 5.41) is 20.0. The highest BCUT2D eigenvalue weighted by atomic mass is 19.2. The Morgan fingerprint density at radius 1 is 0.558 bits per heavy atom. The van der Waals surface area contributed by atoms with Gasteiger partial charge in [0.05, 0.1) is 28.7 Å². The van der Waals surface area contributed by atoms with Crippen molar-refractivity contribution >= 4 is 22.1 Å². The Bertz CT molecular complexity index is 2030. The van der Waals surface area contributed by atoms with Gasteiger partial charge in [0.15, 0.2) is 64.2 Å². The third kappa shape index (κ3) is 4.36. The lowest BCUT2D eigenvalue weighted by atomic mass is 10.1. The summed E-state index contributed by atoms with van der Waals surface area (Å²) >= 11 is 0. The van der Waals surface area contributed by atoms with Gasteiger partial charge in [-0.15, -0.1) is 0 Å². The van der Waals surface area contributed by atoms with Gasteiger partial charge in [-0.2, -0.15) is 10.5 Å². The van der Waals surface area contributed by atoms with Crippen LogP contribution in [-0.2, 0) is 0 Å². The van der Waals surface area contributed by atoms with Gasteiger partial charge >= 0.3 is 0 Å². The molecular formula is C27H10F7N9. The summed E-state index contributed by atoms with van der Waals surface area (Å²) in [6.45, 7) is 0. The van der Waals surface area contributed by atoms with Crippen molar-refractivity contribution in [2.75, 3.05) is 0 Å². The summed E-state index contributed by atoms with van der Waals surface area (Å²) in [7, 11) is 0. The summed E-state index contributed by atoms with van der Waals surface area (Å²) in [5.74, 6) is -19.3. The summed E-state index contributed by atoms with van der Waals surface area (Å²) in [6, 6.07) is 11.4. The van der Waals surface area contributed by atoms with E-state index >= 15 is 0 Å². The van der Waals surface area contributed by atoms with Gasteiger partial charge in [-0.05, 0) is 24.3 Å². The van der Waals surface area contributed by atoms with E-state index in [1.165, 1.54) is 24.3 Å². The van der Waals surface area contributed by atoms with Gasteiger partial charge in [-0.3, -0.25) is 0 Å². The molecule has 2 unspecified atom stereocenters. The summed E-state index contributed by atoms with van der Waals surface area (Å²) in [4.78, 5) is 25.2. The number of fused-ring (bicyclic) bond motifs is 2. The molecular weight excluding hydrogens is 583 g/mol. The molecule has 3 heterocycles. The second-order valence-electron chi connectivity index (χ2n) is 8.96. The molecule has 0 aliphatic heterocycles. The SMILES string of the molecule is N#CC(c1nc(-c2c(F)c(F)c(F)c(F)c2F)nc(C(C#N)c2nc3c(F)cccc3[nH]2)n1)c1nc2c(F)cccc2[nH]1. The first kappa shape index (κ1) is 27.3. The van der Waals surface area contributed by atoms with Crippen LogP contribution in [0.3, 0.4) is 0 Å².